The SMILES string of the molecule is N#CC(C(=O)C1CCOCC1)c1ccc(F)cc1F. The fourth-order valence-electron chi connectivity index (χ4n) is 2.24. The van der Waals surface area contributed by atoms with E-state index in [-0.39, 0.29) is 17.3 Å². The molecule has 1 aliphatic rings. The maximum atomic E-state index is 13.6. The van der Waals surface area contributed by atoms with Gasteiger partial charge in [-0.1, -0.05) is 6.07 Å². The van der Waals surface area contributed by atoms with Gasteiger partial charge in [0.15, 0.2) is 5.78 Å². The number of Topliss-reactive ketones (excluding diaryl/α,β-unsaturated/α-hetero) is 1. The van der Waals surface area contributed by atoms with Crippen molar-refractivity contribution in [3.8, 4) is 6.07 Å². The molecule has 1 heterocycles. The summed E-state index contributed by atoms with van der Waals surface area (Å²) in [6, 6.07) is 4.73. The topological polar surface area (TPSA) is 50.1 Å². The number of benzene rings is 1. The molecule has 0 aromatic heterocycles. The van der Waals surface area contributed by atoms with E-state index in [0.717, 1.165) is 12.1 Å². The van der Waals surface area contributed by atoms with Crippen LogP contribution in [-0.4, -0.2) is 19.0 Å². The first-order valence-electron chi connectivity index (χ1n) is 6.09. The zero-order chi connectivity index (χ0) is 13.8. The van der Waals surface area contributed by atoms with Crippen molar-refractivity contribution in [1.29, 1.82) is 5.26 Å². The lowest BCUT2D eigenvalue weighted by Gasteiger charge is -2.23. The van der Waals surface area contributed by atoms with Crippen LogP contribution in [0.5, 0.6) is 0 Å². The summed E-state index contributed by atoms with van der Waals surface area (Å²) >= 11 is 0. The number of nitriles is 1. The predicted octanol–water partition coefficient (Wildman–Crippen LogP) is 2.57. The first-order valence-corrected chi connectivity index (χ1v) is 6.09. The van der Waals surface area contributed by atoms with E-state index in [0.29, 0.717) is 32.1 Å². The van der Waals surface area contributed by atoms with E-state index >= 15 is 0 Å². The summed E-state index contributed by atoms with van der Waals surface area (Å²) in [5.41, 5.74) is -0.0552. The van der Waals surface area contributed by atoms with E-state index in [1.165, 1.54) is 0 Å². The second kappa shape index (κ2) is 5.89. The molecule has 0 bridgehead atoms. The molecule has 0 saturated carbocycles. The van der Waals surface area contributed by atoms with Gasteiger partial charge in [-0.25, -0.2) is 8.78 Å². The smallest absolute Gasteiger partial charge is 0.157 e. The van der Waals surface area contributed by atoms with Gasteiger partial charge < -0.3 is 4.74 Å². The third kappa shape index (κ3) is 2.96. The van der Waals surface area contributed by atoms with Crippen LogP contribution in [0.2, 0.25) is 0 Å². The molecule has 1 saturated heterocycles. The Morgan fingerprint density at radius 1 is 1.37 bits per heavy atom. The normalized spacial score (nSPS) is 17.7. The zero-order valence-corrected chi connectivity index (χ0v) is 10.2. The summed E-state index contributed by atoms with van der Waals surface area (Å²) in [5, 5.41) is 9.11. The molecule has 1 atom stereocenters. The minimum Gasteiger partial charge on any atom is -0.381 e. The maximum absolute atomic E-state index is 13.6. The lowest BCUT2D eigenvalue weighted by molar-refractivity contribution is -0.126. The molecule has 1 aliphatic heterocycles. The van der Waals surface area contributed by atoms with Gasteiger partial charge >= 0.3 is 0 Å². The largest absolute Gasteiger partial charge is 0.381 e. The van der Waals surface area contributed by atoms with Crippen molar-refractivity contribution in [2.45, 2.75) is 18.8 Å². The van der Waals surface area contributed by atoms with Crippen molar-refractivity contribution < 1.29 is 18.3 Å². The van der Waals surface area contributed by atoms with Crippen molar-refractivity contribution in [3.63, 3.8) is 0 Å². The van der Waals surface area contributed by atoms with Gasteiger partial charge in [-0.2, -0.15) is 5.26 Å². The molecule has 100 valence electrons. The third-order valence-electron chi connectivity index (χ3n) is 3.31. The van der Waals surface area contributed by atoms with E-state index < -0.39 is 17.6 Å². The summed E-state index contributed by atoms with van der Waals surface area (Å²) in [7, 11) is 0. The molecule has 0 N–H and O–H groups in total. The molecule has 1 aromatic rings. The van der Waals surface area contributed by atoms with Gasteiger partial charge in [0.2, 0.25) is 0 Å². The highest BCUT2D eigenvalue weighted by Gasteiger charge is 2.31. The van der Waals surface area contributed by atoms with Gasteiger partial charge in [0.1, 0.15) is 17.6 Å². The Bertz CT molecular complexity index is 519. The van der Waals surface area contributed by atoms with Crippen molar-refractivity contribution in [2.75, 3.05) is 13.2 Å². The number of carbonyl (C=O) groups is 1. The summed E-state index contributed by atoms with van der Waals surface area (Å²) in [4.78, 5) is 12.2. The number of ether oxygens (including phenoxy) is 1. The number of nitrogens with zero attached hydrogens (tertiary/aromatic N) is 1. The number of halogens is 2. The monoisotopic (exact) mass is 265 g/mol. The Labute approximate surface area is 109 Å². The van der Waals surface area contributed by atoms with E-state index in [4.69, 9.17) is 10.00 Å². The molecule has 19 heavy (non-hydrogen) atoms. The summed E-state index contributed by atoms with van der Waals surface area (Å²) < 4.78 is 31.6. The Morgan fingerprint density at radius 3 is 2.63 bits per heavy atom. The molecule has 0 radical (unpaired) electrons. The van der Waals surface area contributed by atoms with Crippen molar-refractivity contribution in [2.24, 2.45) is 5.92 Å². The average molecular weight is 265 g/mol. The second-order valence-corrected chi connectivity index (χ2v) is 4.52. The average Bonchev–Trinajstić information content (AvgIpc) is 2.42. The highest BCUT2D eigenvalue weighted by atomic mass is 19.1. The van der Waals surface area contributed by atoms with E-state index in [9.17, 15) is 13.6 Å². The van der Waals surface area contributed by atoms with Crippen LogP contribution >= 0.6 is 0 Å². The molecule has 0 aliphatic carbocycles. The summed E-state index contributed by atoms with van der Waals surface area (Å²) in [5.74, 6) is -3.36. The zero-order valence-electron chi connectivity index (χ0n) is 10.2. The number of hydrogen-bond acceptors (Lipinski definition) is 3. The minimum atomic E-state index is -1.18. The van der Waals surface area contributed by atoms with E-state index in [1.807, 2.05) is 6.07 Å². The molecule has 1 unspecified atom stereocenters. The standard InChI is InChI=1S/C14H13F2NO2/c15-10-1-2-11(13(16)7-10)12(8-17)14(18)9-3-5-19-6-4-9/h1-2,7,9,12H,3-6H2. The van der Waals surface area contributed by atoms with Crippen molar-refractivity contribution in [3.05, 3.63) is 35.4 Å². The number of hydrogen-bond donors (Lipinski definition) is 0. The lowest BCUT2D eigenvalue weighted by Crippen LogP contribution is -2.27. The van der Waals surface area contributed by atoms with Crippen molar-refractivity contribution >= 4 is 5.78 Å². The molecular weight excluding hydrogens is 252 g/mol. The minimum absolute atomic E-state index is 0.0552. The van der Waals surface area contributed by atoms with Gasteiger partial charge in [0.25, 0.3) is 0 Å². The highest BCUT2D eigenvalue weighted by Crippen LogP contribution is 2.27. The van der Waals surface area contributed by atoms with Crippen LogP contribution < -0.4 is 0 Å². The number of carbonyl (C=O) groups excluding carboxylic acids is 1. The molecule has 2 rings (SSSR count). The molecule has 3 nitrogen and oxygen atoms in total. The Morgan fingerprint density at radius 2 is 2.05 bits per heavy atom. The third-order valence-corrected chi connectivity index (χ3v) is 3.31. The summed E-state index contributed by atoms with van der Waals surface area (Å²) in [6.07, 6.45) is 1.08. The Balaban J connectivity index is 2.24. The Kier molecular flexibility index (Phi) is 4.23. The van der Waals surface area contributed by atoms with Crippen LogP contribution in [-0.2, 0) is 9.53 Å². The van der Waals surface area contributed by atoms with Gasteiger partial charge in [0, 0.05) is 30.8 Å². The molecule has 1 aromatic carbocycles. The lowest BCUT2D eigenvalue weighted by atomic mass is 9.84. The maximum Gasteiger partial charge on any atom is 0.157 e. The van der Waals surface area contributed by atoms with Gasteiger partial charge in [-0.3, -0.25) is 4.79 Å². The van der Waals surface area contributed by atoms with Gasteiger partial charge in [0.05, 0.1) is 6.07 Å². The summed E-state index contributed by atoms with van der Waals surface area (Å²) in [6.45, 7) is 0.945. The molecular formula is C14H13F2NO2. The second-order valence-electron chi connectivity index (χ2n) is 4.52. The molecule has 0 spiro atoms. The van der Waals surface area contributed by atoms with Crippen LogP contribution in [0.3, 0.4) is 0 Å². The van der Waals surface area contributed by atoms with Gasteiger partial charge in [-0.15, -0.1) is 0 Å². The highest BCUT2D eigenvalue weighted by molar-refractivity contribution is 5.90. The fourth-order valence-corrected chi connectivity index (χ4v) is 2.24. The first kappa shape index (κ1) is 13.6. The van der Waals surface area contributed by atoms with Gasteiger partial charge in [-0.05, 0) is 18.9 Å². The van der Waals surface area contributed by atoms with Crippen LogP contribution in [0.1, 0.15) is 24.3 Å². The quantitative estimate of drug-likeness (QED) is 0.844. The molecule has 5 heteroatoms. The van der Waals surface area contributed by atoms with Crippen LogP contribution in [0.25, 0.3) is 0 Å². The van der Waals surface area contributed by atoms with E-state index in [1.54, 1.807) is 0 Å². The fraction of sp³-hybridized carbons (Fsp3) is 0.429. The van der Waals surface area contributed by atoms with Crippen molar-refractivity contribution in [1.82, 2.24) is 0 Å². The first-order chi connectivity index (χ1) is 9.13. The predicted molar refractivity (Wildman–Crippen MR) is 63.3 cm³/mol. The van der Waals surface area contributed by atoms with Crippen LogP contribution in [0, 0.1) is 28.9 Å². The number of ketones is 1. The van der Waals surface area contributed by atoms with Crippen LogP contribution in [0.15, 0.2) is 18.2 Å². The van der Waals surface area contributed by atoms with Crippen LogP contribution in [0.4, 0.5) is 8.78 Å². The Hall–Kier alpha value is -1.80. The number of rotatable bonds is 3. The van der Waals surface area contributed by atoms with E-state index in [2.05, 4.69) is 0 Å². The molecule has 0 amide bonds. The molecule has 1 fully saturated rings.